The Morgan fingerprint density at radius 1 is 1.08 bits per heavy atom. The number of hydrogen-bond acceptors (Lipinski definition) is 2. The number of carbonyl (C=O) groups is 1. The summed E-state index contributed by atoms with van der Waals surface area (Å²) < 4.78 is 37.7. The Balaban J connectivity index is 2.14. The molecule has 6 heteroatoms. The molecule has 24 heavy (non-hydrogen) atoms. The third-order valence-corrected chi connectivity index (χ3v) is 3.47. The Hall–Kier alpha value is -2.76. The zero-order valence-corrected chi connectivity index (χ0v) is 12.7. The number of rotatable bonds is 6. The molecule has 0 aliphatic heterocycles. The highest BCUT2D eigenvalue weighted by molar-refractivity contribution is 5.78. The van der Waals surface area contributed by atoms with Crippen LogP contribution in [0, 0.1) is 0 Å². The van der Waals surface area contributed by atoms with Gasteiger partial charge in [0.05, 0.1) is 5.56 Å². The van der Waals surface area contributed by atoms with Crippen molar-refractivity contribution in [1.29, 1.82) is 0 Å². The van der Waals surface area contributed by atoms with E-state index in [-0.39, 0.29) is 6.42 Å². The Morgan fingerprint density at radius 2 is 1.58 bits per heavy atom. The average molecular weight is 335 g/mol. The number of aliphatic carboxylic acids is 1. The lowest BCUT2D eigenvalue weighted by Gasteiger charge is -2.14. The molecule has 0 radical (unpaired) electrons. The van der Waals surface area contributed by atoms with Gasteiger partial charge in [0.2, 0.25) is 0 Å². The van der Waals surface area contributed by atoms with Crippen LogP contribution in [0.5, 0.6) is 0 Å². The average Bonchev–Trinajstić information content (AvgIpc) is 2.54. The molecular weight excluding hydrogens is 319 g/mol. The lowest BCUT2D eigenvalue weighted by atomic mass is 10.0. The summed E-state index contributed by atoms with van der Waals surface area (Å²) >= 11 is 0. The number of benzene rings is 2. The molecule has 0 aromatic heterocycles. The van der Waals surface area contributed by atoms with Crippen molar-refractivity contribution in [2.75, 3.05) is 5.32 Å². The van der Waals surface area contributed by atoms with E-state index in [1.165, 1.54) is 18.2 Å². The molecule has 0 aliphatic rings. The normalized spacial score (nSPS) is 12.5. The van der Waals surface area contributed by atoms with Gasteiger partial charge in [-0.25, -0.2) is 4.79 Å². The van der Waals surface area contributed by atoms with Crippen molar-refractivity contribution < 1.29 is 23.1 Å². The highest BCUT2D eigenvalue weighted by Crippen LogP contribution is 2.31. The minimum atomic E-state index is -4.36. The highest BCUT2D eigenvalue weighted by Gasteiger charge is 2.29. The number of alkyl halides is 3. The van der Waals surface area contributed by atoms with Crippen LogP contribution in [-0.4, -0.2) is 17.1 Å². The molecule has 3 nitrogen and oxygen atoms in total. The van der Waals surface area contributed by atoms with E-state index in [1.807, 2.05) is 0 Å². The molecule has 0 spiro atoms. The Kier molecular flexibility index (Phi) is 5.28. The highest BCUT2D eigenvalue weighted by atomic mass is 19.4. The monoisotopic (exact) mass is 335 g/mol. The molecule has 2 rings (SSSR count). The third-order valence-electron chi connectivity index (χ3n) is 3.47. The second-order valence-electron chi connectivity index (χ2n) is 5.21. The molecule has 2 N–H and O–H groups in total. The van der Waals surface area contributed by atoms with E-state index in [0.29, 0.717) is 11.3 Å². The maximum absolute atomic E-state index is 12.6. The predicted octanol–water partition coefficient (Wildman–Crippen LogP) is 4.81. The first-order valence-electron chi connectivity index (χ1n) is 7.19. The van der Waals surface area contributed by atoms with Gasteiger partial charge < -0.3 is 10.4 Å². The van der Waals surface area contributed by atoms with Crippen LogP contribution < -0.4 is 5.32 Å². The summed E-state index contributed by atoms with van der Waals surface area (Å²) in [7, 11) is 0. The summed E-state index contributed by atoms with van der Waals surface area (Å²) in [4.78, 5) is 11.1. The predicted molar refractivity (Wildman–Crippen MR) is 86.7 cm³/mol. The number of hydrogen-bond donors (Lipinski definition) is 2. The van der Waals surface area contributed by atoms with Crippen LogP contribution in [0.4, 0.5) is 18.9 Å². The zero-order chi connectivity index (χ0) is 17.7. The Bertz CT molecular complexity index is 707. The minimum absolute atomic E-state index is 0.274. The van der Waals surface area contributed by atoms with Crippen molar-refractivity contribution in [1.82, 2.24) is 0 Å². The molecule has 0 amide bonds. The van der Waals surface area contributed by atoms with Gasteiger partial charge in [-0.1, -0.05) is 30.3 Å². The molecule has 0 fully saturated rings. The minimum Gasteiger partial charge on any atom is -0.480 e. The standard InChI is InChI=1S/C18H16F3NO2/c1-2-3-16(17(23)24)22-15-10-6-13(7-11-15)12-4-8-14(9-5-12)18(19,20)21/h2,4-11,16,22H,1,3H2,(H,23,24). The van der Waals surface area contributed by atoms with Crippen LogP contribution in [0.25, 0.3) is 11.1 Å². The lowest BCUT2D eigenvalue weighted by molar-refractivity contribution is -0.138. The number of halogens is 3. The Morgan fingerprint density at radius 3 is 2.00 bits per heavy atom. The second-order valence-corrected chi connectivity index (χ2v) is 5.21. The second kappa shape index (κ2) is 7.21. The van der Waals surface area contributed by atoms with Crippen LogP contribution in [0.1, 0.15) is 12.0 Å². The summed E-state index contributed by atoms with van der Waals surface area (Å²) in [5, 5.41) is 12.0. The van der Waals surface area contributed by atoms with Crippen LogP contribution >= 0.6 is 0 Å². The first-order valence-corrected chi connectivity index (χ1v) is 7.19. The molecule has 126 valence electrons. The maximum Gasteiger partial charge on any atom is 0.416 e. The molecule has 2 aromatic carbocycles. The largest absolute Gasteiger partial charge is 0.480 e. The summed E-state index contributed by atoms with van der Waals surface area (Å²) in [6.07, 6.45) is -2.57. The molecule has 0 saturated heterocycles. The van der Waals surface area contributed by atoms with Crippen molar-refractivity contribution in [2.24, 2.45) is 0 Å². The van der Waals surface area contributed by atoms with E-state index in [0.717, 1.165) is 17.7 Å². The van der Waals surface area contributed by atoms with E-state index in [9.17, 15) is 18.0 Å². The lowest BCUT2D eigenvalue weighted by Crippen LogP contribution is -2.28. The first kappa shape index (κ1) is 17.6. The number of carboxylic acid groups (broad SMARTS) is 1. The zero-order valence-electron chi connectivity index (χ0n) is 12.7. The van der Waals surface area contributed by atoms with Gasteiger partial charge in [0.25, 0.3) is 0 Å². The van der Waals surface area contributed by atoms with Crippen LogP contribution in [-0.2, 0) is 11.0 Å². The van der Waals surface area contributed by atoms with Crippen molar-refractivity contribution >= 4 is 11.7 Å². The van der Waals surface area contributed by atoms with Gasteiger partial charge in [-0.15, -0.1) is 6.58 Å². The van der Waals surface area contributed by atoms with Crippen molar-refractivity contribution in [3.05, 3.63) is 66.7 Å². The quantitative estimate of drug-likeness (QED) is 0.745. The fraction of sp³-hybridized carbons (Fsp3) is 0.167. The maximum atomic E-state index is 12.6. The van der Waals surface area contributed by atoms with Gasteiger partial charge in [0, 0.05) is 5.69 Å². The van der Waals surface area contributed by atoms with E-state index in [4.69, 9.17) is 5.11 Å². The molecular formula is C18H16F3NO2. The van der Waals surface area contributed by atoms with Crippen LogP contribution in [0.3, 0.4) is 0 Å². The van der Waals surface area contributed by atoms with Gasteiger partial charge in [0.15, 0.2) is 0 Å². The summed E-state index contributed by atoms with van der Waals surface area (Å²) in [5.41, 5.74) is 1.30. The molecule has 2 aromatic rings. The molecule has 0 saturated carbocycles. The van der Waals surface area contributed by atoms with E-state index in [2.05, 4.69) is 11.9 Å². The Labute approximate surface area is 137 Å². The first-order chi connectivity index (χ1) is 11.3. The fourth-order valence-corrected chi connectivity index (χ4v) is 2.20. The topological polar surface area (TPSA) is 49.3 Å². The number of anilines is 1. The van der Waals surface area contributed by atoms with E-state index >= 15 is 0 Å². The van der Waals surface area contributed by atoms with Crippen molar-refractivity contribution in [3.63, 3.8) is 0 Å². The molecule has 0 aliphatic carbocycles. The van der Waals surface area contributed by atoms with Crippen molar-refractivity contribution in [3.8, 4) is 11.1 Å². The van der Waals surface area contributed by atoms with Gasteiger partial charge in [0.1, 0.15) is 6.04 Å². The molecule has 0 heterocycles. The van der Waals surface area contributed by atoms with Gasteiger partial charge in [-0.2, -0.15) is 13.2 Å². The van der Waals surface area contributed by atoms with Gasteiger partial charge in [-0.05, 0) is 41.8 Å². The summed E-state index contributed by atoms with van der Waals surface area (Å²) in [6, 6.07) is 10.9. The van der Waals surface area contributed by atoms with Gasteiger partial charge in [-0.3, -0.25) is 0 Å². The van der Waals surface area contributed by atoms with E-state index < -0.39 is 23.8 Å². The number of nitrogens with one attached hydrogen (secondary N) is 1. The summed E-state index contributed by atoms with van der Waals surface area (Å²) in [6.45, 7) is 3.52. The van der Waals surface area contributed by atoms with Crippen molar-refractivity contribution in [2.45, 2.75) is 18.6 Å². The SMILES string of the molecule is C=CCC(Nc1ccc(-c2ccc(C(F)(F)F)cc2)cc1)C(=O)O. The molecule has 1 atom stereocenters. The fourth-order valence-electron chi connectivity index (χ4n) is 2.20. The smallest absolute Gasteiger partial charge is 0.416 e. The molecule has 1 unspecified atom stereocenters. The van der Waals surface area contributed by atoms with E-state index in [1.54, 1.807) is 24.3 Å². The number of carboxylic acids is 1. The van der Waals surface area contributed by atoms with Gasteiger partial charge >= 0.3 is 12.1 Å². The van der Waals surface area contributed by atoms with Crippen LogP contribution in [0.15, 0.2) is 61.2 Å². The third kappa shape index (κ3) is 4.38. The van der Waals surface area contributed by atoms with Crippen LogP contribution in [0.2, 0.25) is 0 Å². The molecule has 0 bridgehead atoms. The summed E-state index contributed by atoms with van der Waals surface area (Å²) in [5.74, 6) is -0.985.